The summed E-state index contributed by atoms with van der Waals surface area (Å²) in [7, 11) is 0. The zero-order chi connectivity index (χ0) is 10.4. The summed E-state index contributed by atoms with van der Waals surface area (Å²) in [4.78, 5) is 14.2. The number of aromatic amines is 1. The maximum atomic E-state index is 10.8. The maximum Gasteiger partial charge on any atom is 0.307 e. The number of rotatable bonds is 2. The van der Waals surface area contributed by atoms with Crippen molar-refractivity contribution in [2.75, 3.05) is 0 Å². The third-order valence-corrected chi connectivity index (χ3v) is 3.64. The summed E-state index contributed by atoms with van der Waals surface area (Å²) in [5.74, 6) is -0.522. The standard InChI is InChI=1S/C12H15NO2/c14-12(15)9-6-8(9)11-5-7-3-1-2-4-10(7)13-11/h5,8-9,13H,1-4,6H2,(H,14,15). The van der Waals surface area contributed by atoms with E-state index in [0.29, 0.717) is 0 Å². The van der Waals surface area contributed by atoms with Crippen LogP contribution in [0, 0.1) is 5.92 Å². The van der Waals surface area contributed by atoms with E-state index in [1.165, 1.54) is 24.1 Å². The predicted molar refractivity (Wildman–Crippen MR) is 55.9 cm³/mol. The molecule has 15 heavy (non-hydrogen) atoms. The molecule has 1 aromatic rings. The number of aromatic nitrogens is 1. The molecule has 1 heterocycles. The molecule has 1 fully saturated rings. The topological polar surface area (TPSA) is 53.1 Å². The van der Waals surface area contributed by atoms with Crippen LogP contribution in [0.1, 0.15) is 42.1 Å². The largest absolute Gasteiger partial charge is 0.481 e. The Morgan fingerprint density at radius 2 is 2.20 bits per heavy atom. The van der Waals surface area contributed by atoms with Crippen LogP contribution in [0.4, 0.5) is 0 Å². The molecule has 0 radical (unpaired) electrons. The van der Waals surface area contributed by atoms with Crippen LogP contribution < -0.4 is 0 Å². The van der Waals surface area contributed by atoms with Crippen LogP contribution in [0.15, 0.2) is 6.07 Å². The van der Waals surface area contributed by atoms with Crippen molar-refractivity contribution in [2.24, 2.45) is 5.92 Å². The highest BCUT2D eigenvalue weighted by Gasteiger charge is 2.45. The number of carboxylic acid groups (broad SMARTS) is 1. The molecule has 2 N–H and O–H groups in total. The molecular formula is C12H15NO2. The summed E-state index contributed by atoms with van der Waals surface area (Å²) in [5.41, 5.74) is 3.94. The van der Waals surface area contributed by atoms with E-state index in [0.717, 1.165) is 25.0 Å². The lowest BCUT2D eigenvalue weighted by Gasteiger charge is -2.09. The molecule has 0 spiro atoms. The summed E-state index contributed by atoms with van der Waals surface area (Å²) >= 11 is 0. The molecule has 3 rings (SSSR count). The van der Waals surface area contributed by atoms with Gasteiger partial charge in [-0.2, -0.15) is 0 Å². The Morgan fingerprint density at radius 3 is 2.87 bits per heavy atom. The first-order valence-corrected chi connectivity index (χ1v) is 5.69. The average molecular weight is 205 g/mol. The van der Waals surface area contributed by atoms with Crippen LogP contribution in [-0.2, 0) is 17.6 Å². The monoisotopic (exact) mass is 205 g/mol. The predicted octanol–water partition coefficient (Wildman–Crippen LogP) is 2.08. The van der Waals surface area contributed by atoms with E-state index in [2.05, 4.69) is 11.1 Å². The Bertz CT molecular complexity index is 384. The first kappa shape index (κ1) is 9.01. The summed E-state index contributed by atoms with van der Waals surface area (Å²) in [6.07, 6.45) is 5.65. The highest BCUT2D eigenvalue weighted by molar-refractivity contribution is 5.75. The summed E-state index contributed by atoms with van der Waals surface area (Å²) in [6.45, 7) is 0. The Hall–Kier alpha value is -1.25. The number of H-pyrrole nitrogens is 1. The minimum Gasteiger partial charge on any atom is -0.481 e. The molecule has 1 aromatic heterocycles. The van der Waals surface area contributed by atoms with Gasteiger partial charge >= 0.3 is 5.97 Å². The van der Waals surface area contributed by atoms with Gasteiger partial charge in [-0.1, -0.05) is 0 Å². The lowest BCUT2D eigenvalue weighted by molar-refractivity contribution is -0.138. The first-order chi connectivity index (χ1) is 7.25. The fourth-order valence-corrected chi connectivity index (χ4v) is 2.64. The van der Waals surface area contributed by atoms with Crippen molar-refractivity contribution in [3.63, 3.8) is 0 Å². The summed E-state index contributed by atoms with van der Waals surface area (Å²) < 4.78 is 0. The van der Waals surface area contributed by atoms with Crippen LogP contribution in [-0.4, -0.2) is 16.1 Å². The van der Waals surface area contributed by atoms with Gasteiger partial charge in [0.2, 0.25) is 0 Å². The molecule has 80 valence electrons. The smallest absolute Gasteiger partial charge is 0.307 e. The second kappa shape index (κ2) is 3.12. The molecule has 2 atom stereocenters. The summed E-state index contributed by atoms with van der Waals surface area (Å²) in [5, 5.41) is 8.87. The van der Waals surface area contributed by atoms with Crippen molar-refractivity contribution >= 4 is 5.97 Å². The number of hydrogen-bond acceptors (Lipinski definition) is 1. The number of aryl methyl sites for hydroxylation is 2. The third kappa shape index (κ3) is 1.46. The SMILES string of the molecule is O=C(O)C1CC1c1cc2c([nH]1)CCCC2. The summed E-state index contributed by atoms with van der Waals surface area (Å²) in [6, 6.07) is 2.20. The van der Waals surface area contributed by atoms with Gasteiger partial charge in [0.1, 0.15) is 0 Å². The number of nitrogens with one attached hydrogen (secondary N) is 1. The number of carbonyl (C=O) groups is 1. The van der Waals surface area contributed by atoms with E-state index in [4.69, 9.17) is 5.11 Å². The zero-order valence-corrected chi connectivity index (χ0v) is 8.62. The fourth-order valence-electron chi connectivity index (χ4n) is 2.64. The molecule has 2 aliphatic rings. The van der Waals surface area contributed by atoms with Crippen LogP contribution in [0.2, 0.25) is 0 Å². The van der Waals surface area contributed by atoms with Gasteiger partial charge in [-0.15, -0.1) is 0 Å². The molecule has 1 saturated carbocycles. The van der Waals surface area contributed by atoms with Crippen LogP contribution >= 0.6 is 0 Å². The number of aliphatic carboxylic acids is 1. The molecule has 0 aromatic carbocycles. The van der Waals surface area contributed by atoms with Gasteiger partial charge in [0.25, 0.3) is 0 Å². The van der Waals surface area contributed by atoms with Gasteiger partial charge in [0.15, 0.2) is 0 Å². The minimum absolute atomic E-state index is 0.134. The van der Waals surface area contributed by atoms with Crippen LogP contribution in [0.5, 0.6) is 0 Å². The van der Waals surface area contributed by atoms with Gasteiger partial charge in [0.05, 0.1) is 5.92 Å². The first-order valence-electron chi connectivity index (χ1n) is 5.69. The van der Waals surface area contributed by atoms with Crippen molar-refractivity contribution in [3.05, 3.63) is 23.0 Å². The number of hydrogen-bond donors (Lipinski definition) is 2. The van der Waals surface area contributed by atoms with Crippen LogP contribution in [0.3, 0.4) is 0 Å². The van der Waals surface area contributed by atoms with E-state index < -0.39 is 5.97 Å². The molecule has 2 unspecified atom stereocenters. The van der Waals surface area contributed by atoms with Crippen molar-refractivity contribution in [2.45, 2.75) is 38.0 Å². The minimum atomic E-state index is -0.646. The maximum absolute atomic E-state index is 10.8. The molecular weight excluding hydrogens is 190 g/mol. The van der Waals surface area contributed by atoms with E-state index in [1.54, 1.807) is 0 Å². The van der Waals surface area contributed by atoms with E-state index in [1.807, 2.05) is 0 Å². The van der Waals surface area contributed by atoms with Gasteiger partial charge in [-0.05, 0) is 43.7 Å². The molecule has 0 aliphatic heterocycles. The van der Waals surface area contributed by atoms with Crippen molar-refractivity contribution in [3.8, 4) is 0 Å². The highest BCUT2D eigenvalue weighted by Crippen LogP contribution is 2.47. The third-order valence-electron chi connectivity index (χ3n) is 3.64. The normalized spacial score (nSPS) is 28.5. The second-order valence-corrected chi connectivity index (χ2v) is 4.72. The van der Waals surface area contributed by atoms with Crippen LogP contribution in [0.25, 0.3) is 0 Å². The van der Waals surface area contributed by atoms with E-state index >= 15 is 0 Å². The molecule has 0 amide bonds. The molecule has 0 bridgehead atoms. The fraction of sp³-hybridized carbons (Fsp3) is 0.583. The molecule has 0 saturated heterocycles. The van der Waals surface area contributed by atoms with Gasteiger partial charge in [-0.3, -0.25) is 4.79 Å². The van der Waals surface area contributed by atoms with E-state index in [-0.39, 0.29) is 11.8 Å². The number of carboxylic acids is 1. The quantitative estimate of drug-likeness (QED) is 0.776. The highest BCUT2D eigenvalue weighted by atomic mass is 16.4. The van der Waals surface area contributed by atoms with Gasteiger partial charge < -0.3 is 10.1 Å². The lowest BCUT2D eigenvalue weighted by Crippen LogP contribution is -2.00. The second-order valence-electron chi connectivity index (χ2n) is 4.72. The Labute approximate surface area is 88.5 Å². The number of fused-ring (bicyclic) bond motifs is 1. The van der Waals surface area contributed by atoms with Gasteiger partial charge in [-0.25, -0.2) is 0 Å². The Kier molecular flexibility index (Phi) is 1.87. The zero-order valence-electron chi connectivity index (χ0n) is 8.62. The van der Waals surface area contributed by atoms with Crippen molar-refractivity contribution in [1.29, 1.82) is 0 Å². The molecule has 3 heteroatoms. The molecule has 3 nitrogen and oxygen atoms in total. The van der Waals surface area contributed by atoms with Gasteiger partial charge in [0, 0.05) is 17.3 Å². The van der Waals surface area contributed by atoms with Crippen molar-refractivity contribution in [1.82, 2.24) is 4.98 Å². The van der Waals surface area contributed by atoms with Crippen molar-refractivity contribution < 1.29 is 9.90 Å². The Morgan fingerprint density at radius 1 is 1.40 bits per heavy atom. The molecule has 2 aliphatic carbocycles. The van der Waals surface area contributed by atoms with E-state index in [9.17, 15) is 4.79 Å². The Balaban J connectivity index is 1.82. The average Bonchev–Trinajstić information content (AvgIpc) is 2.91. The lowest BCUT2D eigenvalue weighted by atomic mass is 9.98.